The van der Waals surface area contributed by atoms with Gasteiger partial charge in [0, 0.05) is 19.4 Å². The number of rotatable bonds is 6. The Hall–Kier alpha value is -1.06. The van der Waals surface area contributed by atoms with E-state index in [1.54, 1.807) is 0 Å². The lowest BCUT2D eigenvalue weighted by Crippen LogP contribution is -2.26. The third kappa shape index (κ3) is 4.32. The van der Waals surface area contributed by atoms with Gasteiger partial charge in [-0.3, -0.25) is 9.59 Å². The smallest absolute Gasteiger partial charge is 0.303 e. The van der Waals surface area contributed by atoms with E-state index >= 15 is 0 Å². The van der Waals surface area contributed by atoms with Gasteiger partial charge in [-0.05, 0) is 24.2 Å². The maximum Gasteiger partial charge on any atom is 0.303 e. The van der Waals surface area contributed by atoms with Gasteiger partial charge in [0.15, 0.2) is 0 Å². The number of carboxylic acid groups (broad SMARTS) is 1. The molecule has 1 atom stereocenters. The molecule has 1 aliphatic rings. The Bertz CT molecular complexity index is 261. The SMILES string of the molecule is CC1(C)CC1CNC(=O)CCCC(=O)O. The minimum absolute atomic E-state index is 0.0287. The Morgan fingerprint density at radius 2 is 2.00 bits per heavy atom. The van der Waals surface area contributed by atoms with Crippen molar-refractivity contribution in [1.82, 2.24) is 5.32 Å². The zero-order chi connectivity index (χ0) is 11.5. The molecule has 1 saturated carbocycles. The topological polar surface area (TPSA) is 66.4 Å². The molecule has 0 aromatic rings. The first kappa shape index (κ1) is 12.0. The summed E-state index contributed by atoms with van der Waals surface area (Å²) in [6, 6.07) is 0. The van der Waals surface area contributed by atoms with Crippen molar-refractivity contribution >= 4 is 11.9 Å². The summed E-state index contributed by atoms with van der Waals surface area (Å²) < 4.78 is 0. The van der Waals surface area contributed by atoms with E-state index in [1.165, 1.54) is 6.42 Å². The predicted octanol–water partition coefficient (Wildman–Crippen LogP) is 1.40. The third-order valence-corrected chi connectivity index (χ3v) is 3.06. The van der Waals surface area contributed by atoms with E-state index in [1.807, 2.05) is 0 Å². The van der Waals surface area contributed by atoms with Crippen molar-refractivity contribution in [2.45, 2.75) is 39.5 Å². The Balaban J connectivity index is 2.02. The van der Waals surface area contributed by atoms with E-state index in [0.29, 0.717) is 24.2 Å². The molecule has 4 nitrogen and oxygen atoms in total. The molecule has 4 heteroatoms. The van der Waals surface area contributed by atoms with Gasteiger partial charge in [0.2, 0.25) is 5.91 Å². The van der Waals surface area contributed by atoms with E-state index < -0.39 is 5.97 Å². The highest BCUT2D eigenvalue weighted by molar-refractivity contribution is 5.76. The van der Waals surface area contributed by atoms with Crippen LogP contribution in [0.15, 0.2) is 0 Å². The molecule has 1 amide bonds. The number of carboxylic acids is 1. The van der Waals surface area contributed by atoms with Crippen molar-refractivity contribution in [3.63, 3.8) is 0 Å². The number of hydrogen-bond donors (Lipinski definition) is 2. The summed E-state index contributed by atoms with van der Waals surface area (Å²) in [7, 11) is 0. The molecule has 86 valence electrons. The lowest BCUT2D eigenvalue weighted by atomic mass is 10.1. The zero-order valence-electron chi connectivity index (χ0n) is 9.38. The molecule has 2 N–H and O–H groups in total. The van der Waals surface area contributed by atoms with Gasteiger partial charge in [-0.2, -0.15) is 0 Å². The summed E-state index contributed by atoms with van der Waals surface area (Å²) in [6.07, 6.45) is 1.99. The number of amides is 1. The second-order valence-corrected chi connectivity index (χ2v) is 4.94. The highest BCUT2D eigenvalue weighted by atomic mass is 16.4. The molecule has 1 rings (SSSR count). The van der Waals surface area contributed by atoms with Crippen molar-refractivity contribution < 1.29 is 14.7 Å². The average Bonchev–Trinajstić information content (AvgIpc) is 2.70. The van der Waals surface area contributed by atoms with Crippen LogP contribution in [-0.4, -0.2) is 23.5 Å². The normalized spacial score (nSPS) is 22.1. The highest BCUT2D eigenvalue weighted by Gasteiger charge is 2.45. The minimum Gasteiger partial charge on any atom is -0.481 e. The van der Waals surface area contributed by atoms with Crippen LogP contribution in [0.4, 0.5) is 0 Å². The summed E-state index contributed by atoms with van der Waals surface area (Å²) in [5.74, 6) is -0.272. The van der Waals surface area contributed by atoms with Crippen LogP contribution in [0.2, 0.25) is 0 Å². The van der Waals surface area contributed by atoms with Gasteiger partial charge in [-0.1, -0.05) is 13.8 Å². The fraction of sp³-hybridized carbons (Fsp3) is 0.818. The number of carbonyl (C=O) groups is 2. The van der Waals surface area contributed by atoms with Gasteiger partial charge >= 0.3 is 5.97 Å². The van der Waals surface area contributed by atoms with Crippen LogP contribution in [0.5, 0.6) is 0 Å². The Labute approximate surface area is 90.0 Å². The molecule has 0 bridgehead atoms. The lowest BCUT2D eigenvalue weighted by molar-refractivity contribution is -0.137. The molecule has 1 fully saturated rings. The van der Waals surface area contributed by atoms with Crippen LogP contribution in [-0.2, 0) is 9.59 Å². The van der Waals surface area contributed by atoms with Crippen LogP contribution in [0, 0.1) is 11.3 Å². The van der Waals surface area contributed by atoms with Crippen molar-refractivity contribution in [1.29, 1.82) is 0 Å². The predicted molar refractivity (Wildman–Crippen MR) is 56.4 cm³/mol. The number of carbonyl (C=O) groups excluding carboxylic acids is 1. The second-order valence-electron chi connectivity index (χ2n) is 4.94. The molecule has 0 aromatic heterocycles. The summed E-state index contributed by atoms with van der Waals surface area (Å²) in [5.41, 5.74) is 0.383. The van der Waals surface area contributed by atoms with Crippen molar-refractivity contribution in [2.75, 3.05) is 6.54 Å². The third-order valence-electron chi connectivity index (χ3n) is 3.06. The standard InChI is InChI=1S/C11H19NO3/c1-11(2)6-8(11)7-12-9(13)4-3-5-10(14)15/h8H,3-7H2,1-2H3,(H,12,13)(H,14,15). The number of nitrogens with one attached hydrogen (secondary N) is 1. The fourth-order valence-corrected chi connectivity index (χ4v) is 1.65. The Morgan fingerprint density at radius 3 is 2.47 bits per heavy atom. The molecule has 0 aliphatic heterocycles. The summed E-state index contributed by atoms with van der Waals surface area (Å²) >= 11 is 0. The van der Waals surface area contributed by atoms with Crippen LogP contribution < -0.4 is 5.32 Å². The summed E-state index contributed by atoms with van der Waals surface area (Å²) in [5, 5.41) is 11.2. The monoisotopic (exact) mass is 213 g/mol. The second kappa shape index (κ2) is 4.64. The van der Waals surface area contributed by atoms with Gasteiger partial charge in [0.25, 0.3) is 0 Å². The fourth-order valence-electron chi connectivity index (χ4n) is 1.65. The highest BCUT2D eigenvalue weighted by Crippen LogP contribution is 2.50. The van der Waals surface area contributed by atoms with E-state index in [0.717, 1.165) is 6.54 Å². The van der Waals surface area contributed by atoms with E-state index in [-0.39, 0.29) is 12.3 Å². The molecule has 0 saturated heterocycles. The molecule has 1 unspecified atom stereocenters. The molecule has 0 spiro atoms. The first-order valence-electron chi connectivity index (χ1n) is 5.40. The van der Waals surface area contributed by atoms with Crippen LogP contribution >= 0.6 is 0 Å². The van der Waals surface area contributed by atoms with Gasteiger partial charge in [0.1, 0.15) is 0 Å². The summed E-state index contributed by atoms with van der Waals surface area (Å²) in [6.45, 7) is 5.11. The maximum absolute atomic E-state index is 11.3. The largest absolute Gasteiger partial charge is 0.481 e. The van der Waals surface area contributed by atoms with E-state index in [4.69, 9.17) is 5.11 Å². The molecular formula is C11H19NO3. The quantitative estimate of drug-likeness (QED) is 0.701. The van der Waals surface area contributed by atoms with Crippen LogP contribution in [0.3, 0.4) is 0 Å². The van der Waals surface area contributed by atoms with Gasteiger partial charge < -0.3 is 10.4 Å². The number of aliphatic carboxylic acids is 1. The molecule has 0 radical (unpaired) electrons. The van der Waals surface area contributed by atoms with Crippen molar-refractivity contribution in [2.24, 2.45) is 11.3 Å². The van der Waals surface area contributed by atoms with Crippen LogP contribution in [0.1, 0.15) is 39.5 Å². The molecular weight excluding hydrogens is 194 g/mol. The van der Waals surface area contributed by atoms with Crippen LogP contribution in [0.25, 0.3) is 0 Å². The van der Waals surface area contributed by atoms with Gasteiger partial charge in [0.05, 0.1) is 0 Å². The number of hydrogen-bond acceptors (Lipinski definition) is 2. The molecule has 0 heterocycles. The lowest BCUT2D eigenvalue weighted by Gasteiger charge is -2.05. The maximum atomic E-state index is 11.3. The molecule has 1 aliphatic carbocycles. The molecule has 15 heavy (non-hydrogen) atoms. The first-order chi connectivity index (χ1) is 6.92. The van der Waals surface area contributed by atoms with E-state index in [9.17, 15) is 9.59 Å². The minimum atomic E-state index is -0.842. The first-order valence-corrected chi connectivity index (χ1v) is 5.40. The van der Waals surface area contributed by atoms with Crippen molar-refractivity contribution in [3.8, 4) is 0 Å². The van der Waals surface area contributed by atoms with Crippen molar-refractivity contribution in [3.05, 3.63) is 0 Å². The molecule has 0 aromatic carbocycles. The Kier molecular flexibility index (Phi) is 3.72. The Morgan fingerprint density at radius 1 is 1.40 bits per heavy atom. The average molecular weight is 213 g/mol. The van der Waals surface area contributed by atoms with Gasteiger partial charge in [-0.25, -0.2) is 0 Å². The van der Waals surface area contributed by atoms with Gasteiger partial charge in [-0.15, -0.1) is 0 Å². The van der Waals surface area contributed by atoms with E-state index in [2.05, 4.69) is 19.2 Å². The summed E-state index contributed by atoms with van der Waals surface area (Å²) in [4.78, 5) is 21.5. The zero-order valence-corrected chi connectivity index (χ0v) is 9.38.